The molecule has 4 heterocycles. The van der Waals surface area contributed by atoms with E-state index in [2.05, 4.69) is 20.2 Å². The van der Waals surface area contributed by atoms with Crippen LogP contribution in [-0.2, 0) is 0 Å². The van der Waals surface area contributed by atoms with Crippen LogP contribution in [0.4, 0.5) is 0 Å². The summed E-state index contributed by atoms with van der Waals surface area (Å²) >= 11 is 0. The van der Waals surface area contributed by atoms with E-state index in [4.69, 9.17) is 0 Å². The third-order valence-electron chi connectivity index (χ3n) is 4.71. The van der Waals surface area contributed by atoms with Gasteiger partial charge in [0.2, 0.25) is 0 Å². The highest BCUT2D eigenvalue weighted by Gasteiger charge is 2.44. The van der Waals surface area contributed by atoms with Crippen LogP contribution < -0.4 is 0 Å². The summed E-state index contributed by atoms with van der Waals surface area (Å²) in [6.45, 7) is 1.87. The normalized spacial score (nSPS) is 27.1. The monoisotopic (exact) mass is 298 g/mol. The Balaban J connectivity index is 1.55. The molecule has 114 valence electrons. The number of amides is 1. The summed E-state index contributed by atoms with van der Waals surface area (Å²) in [6.07, 6.45) is 10.6. The number of hydrogen-bond donors (Lipinski definition) is 0. The van der Waals surface area contributed by atoms with Crippen molar-refractivity contribution in [1.82, 2.24) is 29.9 Å². The van der Waals surface area contributed by atoms with E-state index >= 15 is 0 Å². The Morgan fingerprint density at radius 1 is 1.05 bits per heavy atom. The summed E-state index contributed by atoms with van der Waals surface area (Å²) in [6, 6.07) is 0.802. The molecule has 2 aromatic heterocycles. The van der Waals surface area contributed by atoms with E-state index in [1.54, 1.807) is 29.6 Å². The minimum Gasteiger partial charge on any atom is -0.331 e. The maximum absolute atomic E-state index is 12.8. The van der Waals surface area contributed by atoms with E-state index in [0.29, 0.717) is 11.7 Å². The van der Waals surface area contributed by atoms with Gasteiger partial charge in [-0.05, 0) is 32.6 Å². The zero-order valence-corrected chi connectivity index (χ0v) is 12.5. The molecule has 2 fully saturated rings. The number of nitrogens with zero attached hydrogens (tertiary/aromatic N) is 6. The second kappa shape index (κ2) is 5.15. The number of piperidine rings is 1. The van der Waals surface area contributed by atoms with Crippen LogP contribution in [0.1, 0.15) is 47.9 Å². The molecule has 0 saturated carbocycles. The third kappa shape index (κ3) is 2.17. The number of carbonyl (C=O) groups is 1. The predicted octanol–water partition coefficient (Wildman–Crippen LogP) is 1.38. The van der Waals surface area contributed by atoms with Crippen molar-refractivity contribution in [2.75, 3.05) is 0 Å². The second-order valence-corrected chi connectivity index (χ2v) is 6.12. The molecule has 0 spiro atoms. The number of hydrogen-bond acceptors (Lipinski definition) is 5. The first-order valence-corrected chi connectivity index (χ1v) is 7.69. The van der Waals surface area contributed by atoms with Gasteiger partial charge in [-0.15, -0.1) is 0 Å². The fraction of sp³-hybridized carbons (Fsp3) is 0.533. The topological polar surface area (TPSA) is 76.8 Å². The zero-order chi connectivity index (χ0) is 15.1. The molecule has 0 aromatic carbocycles. The van der Waals surface area contributed by atoms with E-state index in [1.165, 1.54) is 0 Å². The second-order valence-electron chi connectivity index (χ2n) is 6.12. The number of rotatable bonds is 2. The molecule has 0 radical (unpaired) electrons. The van der Waals surface area contributed by atoms with Crippen molar-refractivity contribution < 1.29 is 4.79 Å². The van der Waals surface area contributed by atoms with Gasteiger partial charge in [-0.25, -0.2) is 4.98 Å². The lowest BCUT2D eigenvalue weighted by Gasteiger charge is -2.38. The lowest BCUT2D eigenvalue weighted by atomic mass is 9.97. The molecule has 0 aliphatic carbocycles. The lowest BCUT2D eigenvalue weighted by molar-refractivity contribution is 0.0506. The molecular weight excluding hydrogens is 280 g/mol. The van der Waals surface area contributed by atoms with Gasteiger partial charge in [-0.2, -0.15) is 15.0 Å². The van der Waals surface area contributed by atoms with Crippen molar-refractivity contribution in [2.24, 2.45) is 0 Å². The van der Waals surface area contributed by atoms with Gasteiger partial charge in [0, 0.05) is 18.3 Å². The van der Waals surface area contributed by atoms with Crippen LogP contribution in [0, 0.1) is 6.92 Å². The maximum Gasteiger partial charge on any atom is 0.274 e. The molecule has 0 N–H and O–H groups in total. The van der Waals surface area contributed by atoms with Crippen LogP contribution in [-0.4, -0.2) is 47.9 Å². The maximum atomic E-state index is 12.8. The molecule has 22 heavy (non-hydrogen) atoms. The molecule has 2 aliphatic heterocycles. The van der Waals surface area contributed by atoms with Gasteiger partial charge < -0.3 is 4.90 Å². The lowest BCUT2D eigenvalue weighted by Crippen LogP contribution is -2.47. The van der Waals surface area contributed by atoms with Crippen molar-refractivity contribution in [2.45, 2.75) is 50.7 Å². The number of fused-ring (bicyclic) bond motifs is 2. The summed E-state index contributed by atoms with van der Waals surface area (Å²) in [5, 5.41) is 8.51. The molecule has 2 bridgehead atoms. The smallest absolute Gasteiger partial charge is 0.274 e. The molecule has 7 heteroatoms. The highest BCUT2D eigenvalue weighted by atomic mass is 16.2. The van der Waals surface area contributed by atoms with Crippen molar-refractivity contribution in [3.05, 3.63) is 36.2 Å². The van der Waals surface area contributed by atoms with Crippen LogP contribution >= 0.6 is 0 Å². The largest absolute Gasteiger partial charge is 0.331 e. The summed E-state index contributed by atoms with van der Waals surface area (Å²) in [7, 11) is 0. The molecule has 1 amide bonds. The van der Waals surface area contributed by atoms with Crippen LogP contribution in [0.5, 0.6) is 0 Å². The van der Waals surface area contributed by atoms with Gasteiger partial charge in [0.1, 0.15) is 5.69 Å². The van der Waals surface area contributed by atoms with Gasteiger partial charge in [0.05, 0.1) is 30.3 Å². The molecule has 2 aliphatic rings. The van der Waals surface area contributed by atoms with Crippen molar-refractivity contribution in [3.8, 4) is 0 Å². The third-order valence-corrected chi connectivity index (χ3v) is 4.71. The Morgan fingerprint density at radius 2 is 1.73 bits per heavy atom. The minimum atomic E-state index is 0.00637. The molecule has 2 saturated heterocycles. The van der Waals surface area contributed by atoms with E-state index in [-0.39, 0.29) is 18.0 Å². The Bertz CT molecular complexity index is 654. The fourth-order valence-corrected chi connectivity index (χ4v) is 3.72. The zero-order valence-electron chi connectivity index (χ0n) is 12.5. The molecule has 2 atom stereocenters. The minimum absolute atomic E-state index is 0.00637. The molecular formula is C15H18N6O. The summed E-state index contributed by atoms with van der Waals surface area (Å²) in [5.41, 5.74) is 1.26. The Morgan fingerprint density at radius 3 is 2.32 bits per heavy atom. The van der Waals surface area contributed by atoms with E-state index in [1.807, 2.05) is 11.8 Å². The fourth-order valence-electron chi connectivity index (χ4n) is 3.72. The SMILES string of the molecule is Cc1cnc(C(=O)N2C3CCC2CC(n2nccn2)C3)cn1. The van der Waals surface area contributed by atoms with E-state index in [9.17, 15) is 4.79 Å². The first-order chi connectivity index (χ1) is 10.7. The average molecular weight is 298 g/mol. The van der Waals surface area contributed by atoms with Gasteiger partial charge in [-0.1, -0.05) is 0 Å². The average Bonchev–Trinajstić information content (AvgIpc) is 3.14. The summed E-state index contributed by atoms with van der Waals surface area (Å²) < 4.78 is 0. The van der Waals surface area contributed by atoms with Gasteiger partial charge >= 0.3 is 0 Å². The van der Waals surface area contributed by atoms with Gasteiger partial charge in [-0.3, -0.25) is 9.78 Å². The summed E-state index contributed by atoms with van der Waals surface area (Å²) in [5.74, 6) is 0.00637. The van der Waals surface area contributed by atoms with Crippen molar-refractivity contribution >= 4 is 5.91 Å². The molecule has 2 unspecified atom stereocenters. The molecule has 7 nitrogen and oxygen atoms in total. The van der Waals surface area contributed by atoms with E-state index < -0.39 is 0 Å². The van der Waals surface area contributed by atoms with Gasteiger partial charge in [0.25, 0.3) is 5.91 Å². The Hall–Kier alpha value is -2.31. The van der Waals surface area contributed by atoms with E-state index in [0.717, 1.165) is 31.4 Å². The Kier molecular flexibility index (Phi) is 3.13. The van der Waals surface area contributed by atoms with Crippen LogP contribution in [0.25, 0.3) is 0 Å². The first kappa shape index (κ1) is 13.4. The number of carbonyl (C=O) groups excluding carboxylic acids is 1. The number of aryl methyl sites for hydroxylation is 1. The predicted molar refractivity (Wildman–Crippen MR) is 78.0 cm³/mol. The van der Waals surface area contributed by atoms with Crippen molar-refractivity contribution in [3.63, 3.8) is 0 Å². The first-order valence-electron chi connectivity index (χ1n) is 7.69. The highest BCUT2D eigenvalue weighted by Crippen LogP contribution is 2.40. The van der Waals surface area contributed by atoms with Gasteiger partial charge in [0.15, 0.2) is 0 Å². The molecule has 2 aromatic rings. The van der Waals surface area contributed by atoms with Crippen LogP contribution in [0.15, 0.2) is 24.8 Å². The number of aromatic nitrogens is 5. The Labute approximate surface area is 128 Å². The standard InChI is InChI=1S/C15H18N6O/c1-10-8-17-14(9-16-10)15(22)20-11-2-3-12(20)7-13(6-11)21-18-4-5-19-21/h4-5,8-9,11-13H,2-3,6-7H2,1H3. The van der Waals surface area contributed by atoms with Crippen LogP contribution in [0.2, 0.25) is 0 Å². The van der Waals surface area contributed by atoms with Crippen LogP contribution in [0.3, 0.4) is 0 Å². The highest BCUT2D eigenvalue weighted by molar-refractivity contribution is 5.92. The molecule has 4 rings (SSSR count). The quantitative estimate of drug-likeness (QED) is 0.837. The van der Waals surface area contributed by atoms with Crippen molar-refractivity contribution in [1.29, 1.82) is 0 Å². The summed E-state index contributed by atoms with van der Waals surface area (Å²) in [4.78, 5) is 25.0.